The minimum Gasteiger partial charge on any atom is -0.383 e. The maximum absolute atomic E-state index is 11.2. The summed E-state index contributed by atoms with van der Waals surface area (Å²) >= 11 is 0. The summed E-state index contributed by atoms with van der Waals surface area (Å²) < 4.78 is 4.82. The number of ether oxygens (including phenoxy) is 1. The molecule has 17 heavy (non-hydrogen) atoms. The lowest BCUT2D eigenvalue weighted by Gasteiger charge is -2.09. The summed E-state index contributed by atoms with van der Waals surface area (Å²) in [6.45, 7) is 5.39. The van der Waals surface area contributed by atoms with Crippen LogP contribution in [0.5, 0.6) is 0 Å². The van der Waals surface area contributed by atoms with E-state index in [1.165, 1.54) is 0 Å². The third kappa shape index (κ3) is 13.4. The summed E-state index contributed by atoms with van der Waals surface area (Å²) in [5.41, 5.74) is 5.55. The highest BCUT2D eigenvalue weighted by Gasteiger charge is 2.02. The smallest absolute Gasteiger partial charge is 0.221 e. The molecule has 0 aromatic carbocycles. The van der Waals surface area contributed by atoms with E-state index in [0.717, 1.165) is 0 Å². The van der Waals surface area contributed by atoms with Gasteiger partial charge in [-0.15, -0.1) is 24.0 Å². The van der Waals surface area contributed by atoms with Crippen molar-refractivity contribution in [3.8, 4) is 0 Å². The first-order valence-electron chi connectivity index (χ1n) is 5.38. The number of rotatable bonds is 7. The number of aliphatic imine (C=N–C) groups is 1. The van der Waals surface area contributed by atoms with Crippen molar-refractivity contribution in [1.29, 1.82) is 0 Å². The molecule has 102 valence electrons. The second kappa shape index (κ2) is 11.9. The van der Waals surface area contributed by atoms with Crippen LogP contribution in [-0.4, -0.2) is 44.7 Å². The predicted octanol–water partition coefficient (Wildman–Crippen LogP) is 0.0698. The molecule has 0 fully saturated rings. The highest BCUT2D eigenvalue weighted by molar-refractivity contribution is 14.0. The number of carbonyl (C=O) groups is 1. The fourth-order valence-electron chi connectivity index (χ4n) is 1.01. The lowest BCUT2D eigenvalue weighted by atomic mass is 10.3. The number of nitrogens with zero attached hydrogens (tertiary/aromatic N) is 1. The van der Waals surface area contributed by atoms with Crippen LogP contribution < -0.4 is 16.4 Å². The van der Waals surface area contributed by atoms with Crippen molar-refractivity contribution < 1.29 is 9.53 Å². The van der Waals surface area contributed by atoms with Gasteiger partial charge in [0.2, 0.25) is 5.91 Å². The quantitative estimate of drug-likeness (QED) is 0.260. The summed E-state index contributed by atoms with van der Waals surface area (Å²) in [4.78, 5) is 15.2. The maximum Gasteiger partial charge on any atom is 0.221 e. The number of guanidine groups is 1. The Hall–Kier alpha value is -0.570. The van der Waals surface area contributed by atoms with Gasteiger partial charge in [-0.3, -0.25) is 9.79 Å². The van der Waals surface area contributed by atoms with Crippen molar-refractivity contribution in [3.63, 3.8) is 0 Å². The van der Waals surface area contributed by atoms with Crippen LogP contribution in [0.15, 0.2) is 4.99 Å². The molecule has 6 nitrogen and oxygen atoms in total. The van der Waals surface area contributed by atoms with Crippen LogP contribution in [-0.2, 0) is 9.53 Å². The Kier molecular flexibility index (Phi) is 13.2. The molecule has 0 spiro atoms. The maximum atomic E-state index is 11.2. The monoisotopic (exact) mass is 358 g/mol. The summed E-state index contributed by atoms with van der Waals surface area (Å²) in [7, 11) is 1.61. The van der Waals surface area contributed by atoms with Crippen molar-refractivity contribution >= 4 is 35.8 Å². The van der Waals surface area contributed by atoms with E-state index in [4.69, 9.17) is 10.5 Å². The fourth-order valence-corrected chi connectivity index (χ4v) is 1.01. The minimum absolute atomic E-state index is 0. The van der Waals surface area contributed by atoms with Gasteiger partial charge in [0.25, 0.3) is 0 Å². The SMILES string of the molecule is COCCN=C(N)NCCC(=O)NC(C)C.I. The second-order valence-electron chi connectivity index (χ2n) is 3.66. The van der Waals surface area contributed by atoms with E-state index < -0.39 is 0 Å². The summed E-state index contributed by atoms with van der Waals surface area (Å²) in [5, 5.41) is 5.65. The topological polar surface area (TPSA) is 88.7 Å². The molecule has 0 aliphatic carbocycles. The number of nitrogens with one attached hydrogen (secondary N) is 2. The Labute approximate surface area is 120 Å². The van der Waals surface area contributed by atoms with Crippen molar-refractivity contribution in [2.45, 2.75) is 26.3 Å². The molecule has 0 aromatic heterocycles. The van der Waals surface area contributed by atoms with Gasteiger partial charge in [0.05, 0.1) is 13.2 Å². The number of carbonyl (C=O) groups excluding carboxylic acids is 1. The van der Waals surface area contributed by atoms with Crippen LogP contribution in [0.25, 0.3) is 0 Å². The third-order valence-electron chi connectivity index (χ3n) is 1.69. The third-order valence-corrected chi connectivity index (χ3v) is 1.69. The number of nitrogens with two attached hydrogens (primary N) is 1. The van der Waals surface area contributed by atoms with E-state index >= 15 is 0 Å². The Bertz CT molecular complexity index is 234. The van der Waals surface area contributed by atoms with Gasteiger partial charge in [-0.25, -0.2) is 0 Å². The predicted molar refractivity (Wildman–Crippen MR) is 79.7 cm³/mol. The minimum atomic E-state index is 0. The first-order chi connectivity index (χ1) is 7.56. The fraction of sp³-hybridized carbons (Fsp3) is 0.800. The molecule has 0 aromatic rings. The molecule has 4 N–H and O–H groups in total. The van der Waals surface area contributed by atoms with Crippen molar-refractivity contribution in [3.05, 3.63) is 0 Å². The van der Waals surface area contributed by atoms with Crippen molar-refractivity contribution in [2.75, 3.05) is 26.8 Å². The van der Waals surface area contributed by atoms with Gasteiger partial charge >= 0.3 is 0 Å². The molecule has 0 saturated carbocycles. The highest BCUT2D eigenvalue weighted by atomic mass is 127. The average molecular weight is 358 g/mol. The molecule has 0 unspecified atom stereocenters. The Balaban J connectivity index is 0. The van der Waals surface area contributed by atoms with E-state index in [2.05, 4.69) is 15.6 Å². The molecule has 0 saturated heterocycles. The molecule has 0 bridgehead atoms. The van der Waals surface area contributed by atoms with Gasteiger partial charge < -0.3 is 21.1 Å². The van der Waals surface area contributed by atoms with E-state index in [1.807, 2.05) is 13.8 Å². The Morgan fingerprint density at radius 2 is 2.12 bits per heavy atom. The lowest BCUT2D eigenvalue weighted by molar-refractivity contribution is -0.121. The second-order valence-corrected chi connectivity index (χ2v) is 3.66. The summed E-state index contributed by atoms with van der Waals surface area (Å²) in [6, 6.07) is 0.167. The molecule has 0 aliphatic heterocycles. The standard InChI is InChI=1S/C10H22N4O2.HI/c1-8(2)14-9(15)4-5-12-10(11)13-6-7-16-3;/h8H,4-7H2,1-3H3,(H,14,15)(H3,11,12,13);1H. The lowest BCUT2D eigenvalue weighted by Crippen LogP contribution is -2.37. The van der Waals surface area contributed by atoms with E-state index in [0.29, 0.717) is 32.1 Å². The highest BCUT2D eigenvalue weighted by Crippen LogP contribution is 1.82. The summed E-state index contributed by atoms with van der Waals surface area (Å²) in [5.74, 6) is 0.349. The molecular weight excluding hydrogens is 335 g/mol. The van der Waals surface area contributed by atoms with Crippen LogP contribution in [0.2, 0.25) is 0 Å². The van der Waals surface area contributed by atoms with Crippen LogP contribution >= 0.6 is 24.0 Å². The number of hydrogen-bond donors (Lipinski definition) is 3. The van der Waals surface area contributed by atoms with Gasteiger partial charge in [0.1, 0.15) is 0 Å². The van der Waals surface area contributed by atoms with Crippen LogP contribution in [0.1, 0.15) is 20.3 Å². The van der Waals surface area contributed by atoms with Gasteiger partial charge in [-0.05, 0) is 13.8 Å². The molecule has 1 amide bonds. The first kappa shape index (κ1) is 18.8. The van der Waals surface area contributed by atoms with Crippen LogP contribution in [0.3, 0.4) is 0 Å². The molecule has 0 heterocycles. The number of amides is 1. The normalized spacial score (nSPS) is 10.9. The van der Waals surface area contributed by atoms with E-state index in [9.17, 15) is 4.79 Å². The molecule has 0 aliphatic rings. The van der Waals surface area contributed by atoms with Gasteiger partial charge in [0.15, 0.2) is 5.96 Å². The van der Waals surface area contributed by atoms with Gasteiger partial charge in [-0.1, -0.05) is 0 Å². The molecule has 0 radical (unpaired) electrons. The van der Waals surface area contributed by atoms with Crippen molar-refractivity contribution in [2.24, 2.45) is 10.7 Å². The van der Waals surface area contributed by atoms with Gasteiger partial charge in [0, 0.05) is 26.1 Å². The zero-order chi connectivity index (χ0) is 12.4. The Morgan fingerprint density at radius 1 is 1.47 bits per heavy atom. The number of methoxy groups -OCH3 is 1. The molecule has 0 rings (SSSR count). The number of halogens is 1. The van der Waals surface area contributed by atoms with Gasteiger partial charge in [-0.2, -0.15) is 0 Å². The zero-order valence-electron chi connectivity index (χ0n) is 10.7. The molecular formula is C10H23IN4O2. The van der Waals surface area contributed by atoms with E-state index in [1.54, 1.807) is 7.11 Å². The summed E-state index contributed by atoms with van der Waals surface area (Å²) in [6.07, 6.45) is 0.388. The molecule has 7 heteroatoms. The zero-order valence-corrected chi connectivity index (χ0v) is 13.0. The Morgan fingerprint density at radius 3 is 2.65 bits per heavy atom. The van der Waals surface area contributed by atoms with Crippen molar-refractivity contribution in [1.82, 2.24) is 10.6 Å². The molecule has 0 atom stereocenters. The largest absolute Gasteiger partial charge is 0.383 e. The van der Waals surface area contributed by atoms with Crippen LogP contribution in [0.4, 0.5) is 0 Å². The average Bonchev–Trinajstić information content (AvgIpc) is 2.17. The first-order valence-corrected chi connectivity index (χ1v) is 5.38. The number of hydrogen-bond acceptors (Lipinski definition) is 3. The van der Waals surface area contributed by atoms with Crippen LogP contribution in [0, 0.1) is 0 Å². The van der Waals surface area contributed by atoms with E-state index in [-0.39, 0.29) is 35.9 Å².